The molecule has 6 heteroatoms. The summed E-state index contributed by atoms with van der Waals surface area (Å²) in [5.74, 6) is -0.161. The lowest BCUT2D eigenvalue weighted by atomic mass is 10.0. The molecular weight excluding hydrogens is 258 g/mol. The first-order chi connectivity index (χ1) is 9.43. The molecule has 20 heavy (non-hydrogen) atoms. The number of nitrogens with two attached hydrogens (primary N) is 1. The molecule has 0 unspecified atom stereocenters. The van der Waals surface area contributed by atoms with Crippen LogP contribution in [0, 0.1) is 5.92 Å². The van der Waals surface area contributed by atoms with Crippen LogP contribution in [-0.2, 0) is 9.53 Å². The molecule has 0 aliphatic carbocycles. The Labute approximate surface area is 118 Å². The smallest absolute Gasteiger partial charge is 0.411 e. The number of carbonyl (C=O) groups excluding carboxylic acids is 2. The SMILES string of the molecule is CCOC(=O)Nc1ccc(NC(=O)[C@@H](N)C(C)C)cc1. The van der Waals surface area contributed by atoms with Crippen LogP contribution in [0.5, 0.6) is 0 Å². The summed E-state index contributed by atoms with van der Waals surface area (Å²) < 4.78 is 4.76. The third-order valence-corrected chi connectivity index (χ3v) is 2.70. The Morgan fingerprint density at radius 3 is 2.10 bits per heavy atom. The van der Waals surface area contributed by atoms with Crippen molar-refractivity contribution in [3.8, 4) is 0 Å². The fourth-order valence-corrected chi connectivity index (χ4v) is 1.45. The van der Waals surface area contributed by atoms with Crippen LogP contribution in [0.4, 0.5) is 16.2 Å². The number of anilines is 2. The zero-order valence-corrected chi connectivity index (χ0v) is 12.0. The van der Waals surface area contributed by atoms with Crippen molar-refractivity contribution in [2.24, 2.45) is 11.7 Å². The molecule has 1 aromatic carbocycles. The lowest BCUT2D eigenvalue weighted by Crippen LogP contribution is -2.39. The minimum atomic E-state index is -0.549. The zero-order chi connectivity index (χ0) is 15.1. The molecule has 6 nitrogen and oxygen atoms in total. The van der Waals surface area contributed by atoms with Crippen molar-refractivity contribution in [2.45, 2.75) is 26.8 Å². The van der Waals surface area contributed by atoms with Gasteiger partial charge in [0, 0.05) is 11.4 Å². The first-order valence-electron chi connectivity index (χ1n) is 6.54. The quantitative estimate of drug-likeness (QED) is 0.770. The number of rotatable bonds is 5. The van der Waals surface area contributed by atoms with E-state index in [0.717, 1.165) is 0 Å². The molecule has 0 bridgehead atoms. The molecule has 0 heterocycles. The molecule has 0 fully saturated rings. The van der Waals surface area contributed by atoms with Gasteiger partial charge in [-0.05, 0) is 37.1 Å². The van der Waals surface area contributed by atoms with Gasteiger partial charge in [-0.3, -0.25) is 10.1 Å². The maximum atomic E-state index is 11.8. The van der Waals surface area contributed by atoms with Crippen LogP contribution in [0.25, 0.3) is 0 Å². The van der Waals surface area contributed by atoms with Gasteiger partial charge >= 0.3 is 6.09 Å². The van der Waals surface area contributed by atoms with E-state index < -0.39 is 12.1 Å². The van der Waals surface area contributed by atoms with Crippen molar-refractivity contribution in [1.29, 1.82) is 0 Å². The van der Waals surface area contributed by atoms with E-state index in [9.17, 15) is 9.59 Å². The fourth-order valence-electron chi connectivity index (χ4n) is 1.45. The van der Waals surface area contributed by atoms with E-state index >= 15 is 0 Å². The lowest BCUT2D eigenvalue weighted by Gasteiger charge is -2.15. The summed E-state index contributed by atoms with van der Waals surface area (Å²) in [6.45, 7) is 5.82. The predicted molar refractivity (Wildman–Crippen MR) is 78.5 cm³/mol. The molecule has 1 atom stereocenters. The average molecular weight is 279 g/mol. The Balaban J connectivity index is 2.58. The average Bonchev–Trinajstić information content (AvgIpc) is 2.40. The minimum Gasteiger partial charge on any atom is -0.450 e. The van der Waals surface area contributed by atoms with Gasteiger partial charge in [-0.15, -0.1) is 0 Å². The predicted octanol–water partition coefficient (Wildman–Crippen LogP) is 2.18. The van der Waals surface area contributed by atoms with Crippen LogP contribution in [0.1, 0.15) is 20.8 Å². The number of nitrogens with one attached hydrogen (secondary N) is 2. The molecular formula is C14H21N3O3. The molecule has 0 aliphatic rings. The van der Waals surface area contributed by atoms with Gasteiger partial charge in [-0.25, -0.2) is 4.79 Å². The number of carbonyl (C=O) groups is 2. The number of hydrogen-bond donors (Lipinski definition) is 3. The summed E-state index contributed by atoms with van der Waals surface area (Å²) in [5, 5.41) is 5.29. The topological polar surface area (TPSA) is 93.5 Å². The summed E-state index contributed by atoms with van der Waals surface area (Å²) in [6, 6.07) is 6.17. The van der Waals surface area contributed by atoms with Crippen LogP contribution in [0.15, 0.2) is 24.3 Å². The van der Waals surface area contributed by atoms with Crippen LogP contribution in [-0.4, -0.2) is 24.6 Å². The Kier molecular flexibility index (Phi) is 5.99. The molecule has 1 aromatic rings. The molecule has 2 amide bonds. The summed E-state index contributed by atoms with van der Waals surface area (Å²) in [5.41, 5.74) is 6.97. The monoisotopic (exact) mass is 279 g/mol. The molecule has 1 rings (SSSR count). The number of amides is 2. The maximum absolute atomic E-state index is 11.8. The third-order valence-electron chi connectivity index (χ3n) is 2.70. The Bertz CT molecular complexity index is 457. The highest BCUT2D eigenvalue weighted by atomic mass is 16.5. The van der Waals surface area contributed by atoms with Gasteiger partial charge in [0.15, 0.2) is 0 Å². The summed E-state index contributed by atoms with van der Waals surface area (Å²) >= 11 is 0. The largest absolute Gasteiger partial charge is 0.450 e. The Hall–Kier alpha value is -2.08. The highest BCUT2D eigenvalue weighted by molar-refractivity contribution is 5.95. The highest BCUT2D eigenvalue weighted by Gasteiger charge is 2.17. The lowest BCUT2D eigenvalue weighted by molar-refractivity contribution is -0.118. The van der Waals surface area contributed by atoms with E-state index in [0.29, 0.717) is 18.0 Å². The molecule has 0 radical (unpaired) electrons. The van der Waals surface area contributed by atoms with Crippen LogP contribution >= 0.6 is 0 Å². The molecule has 0 spiro atoms. The molecule has 0 saturated carbocycles. The normalized spacial score (nSPS) is 11.8. The van der Waals surface area contributed by atoms with E-state index in [1.165, 1.54) is 0 Å². The van der Waals surface area contributed by atoms with Gasteiger partial charge in [0.1, 0.15) is 0 Å². The molecule has 0 aliphatic heterocycles. The van der Waals surface area contributed by atoms with Crippen LogP contribution in [0.3, 0.4) is 0 Å². The molecule has 4 N–H and O–H groups in total. The van der Waals surface area contributed by atoms with Crippen molar-refractivity contribution in [1.82, 2.24) is 0 Å². The van der Waals surface area contributed by atoms with E-state index in [1.54, 1.807) is 31.2 Å². The van der Waals surface area contributed by atoms with Crippen molar-refractivity contribution in [2.75, 3.05) is 17.2 Å². The van der Waals surface area contributed by atoms with Crippen molar-refractivity contribution < 1.29 is 14.3 Å². The number of ether oxygens (including phenoxy) is 1. The standard InChI is InChI=1S/C14H21N3O3/c1-4-20-14(19)17-11-7-5-10(6-8-11)16-13(18)12(15)9(2)3/h5-9,12H,4,15H2,1-3H3,(H,16,18)(H,17,19)/t12-/m0/s1. The Morgan fingerprint density at radius 1 is 1.15 bits per heavy atom. The van der Waals surface area contributed by atoms with Crippen molar-refractivity contribution in [3.05, 3.63) is 24.3 Å². The summed E-state index contributed by atoms with van der Waals surface area (Å²) in [7, 11) is 0. The van der Waals surface area contributed by atoms with E-state index in [4.69, 9.17) is 10.5 Å². The van der Waals surface area contributed by atoms with Gasteiger partial charge < -0.3 is 15.8 Å². The first kappa shape index (κ1) is 16.0. The van der Waals surface area contributed by atoms with Gasteiger partial charge in [-0.1, -0.05) is 13.8 Å². The fraction of sp³-hybridized carbons (Fsp3) is 0.429. The van der Waals surface area contributed by atoms with Crippen LogP contribution in [0.2, 0.25) is 0 Å². The van der Waals surface area contributed by atoms with Crippen molar-refractivity contribution in [3.63, 3.8) is 0 Å². The number of benzene rings is 1. The minimum absolute atomic E-state index is 0.0692. The zero-order valence-electron chi connectivity index (χ0n) is 12.0. The third kappa shape index (κ3) is 4.89. The molecule has 0 aromatic heterocycles. The van der Waals surface area contributed by atoms with Gasteiger partial charge in [-0.2, -0.15) is 0 Å². The Morgan fingerprint density at radius 2 is 1.65 bits per heavy atom. The van der Waals surface area contributed by atoms with E-state index in [1.807, 2.05) is 13.8 Å². The summed E-state index contributed by atoms with van der Waals surface area (Å²) in [6.07, 6.45) is -0.508. The second-order valence-corrected chi connectivity index (χ2v) is 4.68. The van der Waals surface area contributed by atoms with Crippen molar-refractivity contribution >= 4 is 23.4 Å². The molecule has 0 saturated heterocycles. The summed E-state index contributed by atoms with van der Waals surface area (Å²) in [4.78, 5) is 23.0. The second-order valence-electron chi connectivity index (χ2n) is 4.68. The molecule has 110 valence electrons. The van der Waals surface area contributed by atoms with Crippen LogP contribution < -0.4 is 16.4 Å². The van der Waals surface area contributed by atoms with E-state index in [-0.39, 0.29) is 11.8 Å². The highest BCUT2D eigenvalue weighted by Crippen LogP contribution is 2.14. The first-order valence-corrected chi connectivity index (χ1v) is 6.54. The van der Waals surface area contributed by atoms with Gasteiger partial charge in [0.25, 0.3) is 0 Å². The van der Waals surface area contributed by atoms with Gasteiger partial charge in [0.05, 0.1) is 12.6 Å². The van der Waals surface area contributed by atoms with E-state index in [2.05, 4.69) is 10.6 Å². The van der Waals surface area contributed by atoms with Gasteiger partial charge in [0.2, 0.25) is 5.91 Å². The second kappa shape index (κ2) is 7.49. The maximum Gasteiger partial charge on any atom is 0.411 e. The number of hydrogen-bond acceptors (Lipinski definition) is 4.